The van der Waals surface area contributed by atoms with Crippen LogP contribution in [0.1, 0.15) is 44.2 Å². The van der Waals surface area contributed by atoms with Gasteiger partial charge in [0.2, 0.25) is 5.91 Å². The number of amides is 2. The van der Waals surface area contributed by atoms with Gasteiger partial charge in [0.05, 0.1) is 16.7 Å². The van der Waals surface area contributed by atoms with E-state index >= 15 is 0 Å². The first-order valence-corrected chi connectivity index (χ1v) is 13.4. The molecular formula is C28H34F3N5O3. The molecule has 2 aliphatic heterocycles. The molecule has 1 aromatic heterocycles. The Morgan fingerprint density at radius 2 is 1.97 bits per heavy atom. The highest BCUT2D eigenvalue weighted by atomic mass is 19.4. The highest BCUT2D eigenvalue weighted by Crippen LogP contribution is 2.46. The molecule has 1 saturated heterocycles. The van der Waals surface area contributed by atoms with E-state index in [1.165, 1.54) is 6.20 Å². The number of anilines is 2. The first-order chi connectivity index (χ1) is 18.5. The topological polar surface area (TPSA) is 86.8 Å². The molecule has 1 aliphatic carbocycles. The molecule has 39 heavy (non-hydrogen) atoms. The van der Waals surface area contributed by atoms with Crippen LogP contribution < -0.4 is 20.3 Å². The summed E-state index contributed by atoms with van der Waals surface area (Å²) in [5.74, 6) is 1.07. The third kappa shape index (κ3) is 5.68. The minimum absolute atomic E-state index is 0.0102. The zero-order chi connectivity index (χ0) is 27.8. The second-order valence-electron chi connectivity index (χ2n) is 11.0. The van der Waals surface area contributed by atoms with Crippen LogP contribution in [0.2, 0.25) is 0 Å². The van der Waals surface area contributed by atoms with Gasteiger partial charge in [0.15, 0.2) is 6.61 Å². The van der Waals surface area contributed by atoms with Gasteiger partial charge in [-0.05, 0) is 55.0 Å². The lowest BCUT2D eigenvalue weighted by atomic mass is 9.74. The molecule has 1 saturated carbocycles. The SMILES string of the molecule is CC(C)[C@]1(C(=O)N2CCN(c3cc(C(F)(F)F)ccn3)CC2)CC[C@@H](NCc2ccc3c(c2)OCC(=O)N3)C1. The molecule has 1 aromatic carbocycles. The molecule has 5 rings (SSSR count). The average molecular weight is 546 g/mol. The highest BCUT2D eigenvalue weighted by molar-refractivity contribution is 5.95. The van der Waals surface area contributed by atoms with Crippen molar-refractivity contribution >= 4 is 23.3 Å². The van der Waals surface area contributed by atoms with Gasteiger partial charge in [-0.2, -0.15) is 13.2 Å². The maximum atomic E-state index is 13.9. The molecule has 0 unspecified atom stereocenters. The molecule has 2 N–H and O–H groups in total. The second kappa shape index (κ2) is 10.7. The van der Waals surface area contributed by atoms with Gasteiger partial charge in [0, 0.05) is 45.0 Å². The second-order valence-corrected chi connectivity index (χ2v) is 11.0. The fraction of sp³-hybridized carbons (Fsp3) is 0.536. The summed E-state index contributed by atoms with van der Waals surface area (Å²) in [7, 11) is 0. The molecule has 210 valence electrons. The zero-order valence-corrected chi connectivity index (χ0v) is 22.2. The quantitative estimate of drug-likeness (QED) is 0.570. The molecule has 3 heterocycles. The van der Waals surface area contributed by atoms with E-state index in [1.807, 2.05) is 28.0 Å². The Kier molecular flexibility index (Phi) is 7.45. The van der Waals surface area contributed by atoms with Crippen LogP contribution in [0.5, 0.6) is 5.75 Å². The van der Waals surface area contributed by atoms with Crippen LogP contribution in [0, 0.1) is 11.3 Å². The van der Waals surface area contributed by atoms with Crippen LogP contribution in [0.3, 0.4) is 0 Å². The van der Waals surface area contributed by atoms with Crippen molar-refractivity contribution in [3.05, 3.63) is 47.7 Å². The van der Waals surface area contributed by atoms with Gasteiger partial charge in [0.1, 0.15) is 11.6 Å². The predicted molar refractivity (Wildman–Crippen MR) is 140 cm³/mol. The lowest BCUT2D eigenvalue weighted by Crippen LogP contribution is -2.54. The molecule has 2 amide bonds. The van der Waals surface area contributed by atoms with E-state index in [0.29, 0.717) is 44.2 Å². The summed E-state index contributed by atoms with van der Waals surface area (Å²) in [6.45, 7) is 6.62. The third-order valence-corrected chi connectivity index (χ3v) is 8.32. The van der Waals surface area contributed by atoms with Crippen molar-refractivity contribution in [2.75, 3.05) is 43.0 Å². The molecule has 3 aliphatic rings. The van der Waals surface area contributed by atoms with Crippen LogP contribution in [-0.4, -0.2) is 60.5 Å². The molecule has 2 atom stereocenters. The Hall–Kier alpha value is -3.34. The molecule has 0 spiro atoms. The number of ether oxygens (including phenoxy) is 1. The van der Waals surface area contributed by atoms with Crippen LogP contribution in [0.25, 0.3) is 0 Å². The molecule has 0 radical (unpaired) electrons. The number of pyridine rings is 1. The number of hydrogen-bond donors (Lipinski definition) is 2. The number of alkyl halides is 3. The van der Waals surface area contributed by atoms with E-state index in [2.05, 4.69) is 29.5 Å². The molecule has 0 bridgehead atoms. The number of nitrogens with zero attached hydrogens (tertiary/aromatic N) is 3. The van der Waals surface area contributed by atoms with Crippen molar-refractivity contribution in [2.45, 2.75) is 51.9 Å². The van der Waals surface area contributed by atoms with Gasteiger partial charge in [-0.3, -0.25) is 9.59 Å². The number of carbonyl (C=O) groups excluding carboxylic acids is 2. The predicted octanol–water partition coefficient (Wildman–Crippen LogP) is 4.06. The van der Waals surface area contributed by atoms with Crippen molar-refractivity contribution in [1.29, 1.82) is 0 Å². The fourth-order valence-corrected chi connectivity index (χ4v) is 5.93. The van der Waals surface area contributed by atoms with Crippen LogP contribution in [0.15, 0.2) is 36.5 Å². The number of carbonyl (C=O) groups is 2. The Balaban J connectivity index is 1.18. The number of nitrogens with one attached hydrogen (secondary N) is 2. The third-order valence-electron chi connectivity index (χ3n) is 8.32. The lowest BCUT2D eigenvalue weighted by Gasteiger charge is -2.42. The Morgan fingerprint density at radius 1 is 1.21 bits per heavy atom. The van der Waals surface area contributed by atoms with Crippen molar-refractivity contribution in [2.24, 2.45) is 11.3 Å². The molecule has 8 nitrogen and oxygen atoms in total. The number of rotatable bonds is 6. The van der Waals surface area contributed by atoms with Gasteiger partial charge >= 0.3 is 6.18 Å². The minimum atomic E-state index is -4.42. The number of benzene rings is 1. The van der Waals surface area contributed by atoms with Gasteiger partial charge in [0.25, 0.3) is 5.91 Å². The van der Waals surface area contributed by atoms with E-state index in [0.717, 1.165) is 37.0 Å². The van der Waals surface area contributed by atoms with E-state index in [9.17, 15) is 22.8 Å². The van der Waals surface area contributed by atoms with Crippen molar-refractivity contribution in [3.63, 3.8) is 0 Å². The van der Waals surface area contributed by atoms with E-state index in [-0.39, 0.29) is 36.2 Å². The molecule has 2 aromatic rings. The highest BCUT2D eigenvalue weighted by Gasteiger charge is 2.49. The van der Waals surface area contributed by atoms with Crippen LogP contribution in [-0.2, 0) is 22.3 Å². The summed E-state index contributed by atoms with van der Waals surface area (Å²) in [5, 5.41) is 6.40. The van der Waals surface area contributed by atoms with E-state index < -0.39 is 17.2 Å². The standard InChI is InChI=1S/C28H34F3N5O3/c1-18(2)27(7-5-21(15-27)33-16-19-3-4-22-23(13-19)39-17-25(37)34-22)26(38)36-11-9-35(10-12-36)24-14-20(6-8-32-24)28(29,30)31/h3-4,6,8,13-14,18,21,33H,5,7,9-12,15-17H2,1-2H3,(H,34,37)/t21-,27+/m1/s1. The number of hydrogen-bond acceptors (Lipinski definition) is 6. The first-order valence-electron chi connectivity index (χ1n) is 13.4. The monoisotopic (exact) mass is 545 g/mol. The van der Waals surface area contributed by atoms with Crippen molar-refractivity contribution in [1.82, 2.24) is 15.2 Å². The lowest BCUT2D eigenvalue weighted by molar-refractivity contribution is -0.145. The fourth-order valence-electron chi connectivity index (χ4n) is 5.93. The number of halogens is 3. The summed E-state index contributed by atoms with van der Waals surface area (Å²) >= 11 is 0. The maximum Gasteiger partial charge on any atom is 0.416 e. The molecule has 2 fully saturated rings. The first kappa shape index (κ1) is 27.2. The summed E-state index contributed by atoms with van der Waals surface area (Å²) < 4.78 is 44.9. The average Bonchev–Trinajstić information content (AvgIpc) is 3.37. The smallest absolute Gasteiger partial charge is 0.416 e. The minimum Gasteiger partial charge on any atom is -0.482 e. The van der Waals surface area contributed by atoms with Gasteiger partial charge in [-0.15, -0.1) is 0 Å². The van der Waals surface area contributed by atoms with E-state index in [1.54, 1.807) is 0 Å². The molecule has 11 heteroatoms. The van der Waals surface area contributed by atoms with Gasteiger partial charge in [-0.1, -0.05) is 19.9 Å². The summed E-state index contributed by atoms with van der Waals surface area (Å²) in [6.07, 6.45) is -0.830. The van der Waals surface area contributed by atoms with Crippen molar-refractivity contribution in [3.8, 4) is 5.75 Å². The van der Waals surface area contributed by atoms with Gasteiger partial charge in [-0.25, -0.2) is 4.98 Å². The normalized spacial score (nSPS) is 23.4. The Morgan fingerprint density at radius 3 is 2.69 bits per heavy atom. The number of aromatic nitrogens is 1. The number of piperazine rings is 1. The Bertz CT molecular complexity index is 1230. The summed E-state index contributed by atoms with van der Waals surface area (Å²) in [6, 6.07) is 7.95. The maximum absolute atomic E-state index is 13.9. The van der Waals surface area contributed by atoms with Gasteiger partial charge < -0.3 is 25.2 Å². The summed E-state index contributed by atoms with van der Waals surface area (Å²) in [5.41, 5.74) is 0.517. The van der Waals surface area contributed by atoms with E-state index in [4.69, 9.17) is 4.74 Å². The number of fused-ring (bicyclic) bond motifs is 1. The van der Waals surface area contributed by atoms with Crippen LogP contribution >= 0.6 is 0 Å². The molecular weight excluding hydrogens is 511 g/mol. The van der Waals surface area contributed by atoms with Crippen molar-refractivity contribution < 1.29 is 27.5 Å². The van der Waals surface area contributed by atoms with Crippen LogP contribution in [0.4, 0.5) is 24.7 Å². The zero-order valence-electron chi connectivity index (χ0n) is 22.2. The largest absolute Gasteiger partial charge is 0.482 e. The summed E-state index contributed by atoms with van der Waals surface area (Å²) in [4.78, 5) is 33.2. The Labute approximate surface area is 225 Å².